The van der Waals surface area contributed by atoms with E-state index in [1.165, 1.54) is 12.1 Å². The summed E-state index contributed by atoms with van der Waals surface area (Å²) in [6.07, 6.45) is 0.262. The normalized spacial score (nSPS) is 17.0. The van der Waals surface area contributed by atoms with E-state index in [1.54, 1.807) is 17.0 Å². The highest BCUT2D eigenvalue weighted by molar-refractivity contribution is 5.69. The van der Waals surface area contributed by atoms with Crippen LogP contribution in [0.25, 0.3) is 11.1 Å². The lowest BCUT2D eigenvalue weighted by Crippen LogP contribution is -2.36. The van der Waals surface area contributed by atoms with Gasteiger partial charge >= 0.3 is 6.09 Å². The lowest BCUT2D eigenvalue weighted by Gasteiger charge is -2.24. The van der Waals surface area contributed by atoms with Crippen LogP contribution >= 0.6 is 0 Å². The number of likely N-dealkylation sites (tertiary alicyclic amines) is 1. The van der Waals surface area contributed by atoms with Gasteiger partial charge in [0.05, 0.1) is 19.3 Å². The van der Waals surface area contributed by atoms with Crippen molar-refractivity contribution in [1.82, 2.24) is 4.90 Å². The van der Waals surface area contributed by atoms with E-state index in [0.29, 0.717) is 30.6 Å². The number of halogens is 2. The van der Waals surface area contributed by atoms with Crippen molar-refractivity contribution < 1.29 is 23.0 Å². The molecular formula is C22H25F2NO3. The first-order chi connectivity index (χ1) is 13.2. The highest BCUT2D eigenvalue weighted by atomic mass is 19.1. The van der Waals surface area contributed by atoms with Crippen molar-refractivity contribution in [2.45, 2.75) is 45.5 Å². The topological polar surface area (TPSA) is 38.8 Å². The molecule has 2 aromatic rings. The molecule has 1 saturated heterocycles. The van der Waals surface area contributed by atoms with Crippen LogP contribution in [0, 0.1) is 11.6 Å². The van der Waals surface area contributed by atoms with Gasteiger partial charge in [-0.1, -0.05) is 24.3 Å². The van der Waals surface area contributed by atoms with Crippen molar-refractivity contribution in [3.05, 3.63) is 59.7 Å². The number of benzene rings is 2. The van der Waals surface area contributed by atoms with Crippen LogP contribution in [0.15, 0.2) is 42.5 Å². The summed E-state index contributed by atoms with van der Waals surface area (Å²) in [5.74, 6) is -1.22. The number of rotatable bonds is 4. The van der Waals surface area contributed by atoms with Crippen molar-refractivity contribution in [3.63, 3.8) is 0 Å². The zero-order chi connectivity index (χ0) is 20.3. The molecule has 1 amide bonds. The Kier molecular flexibility index (Phi) is 5.98. The molecule has 1 aliphatic rings. The largest absolute Gasteiger partial charge is 0.444 e. The second-order valence-corrected chi connectivity index (χ2v) is 7.93. The van der Waals surface area contributed by atoms with E-state index < -0.39 is 17.2 Å². The minimum absolute atomic E-state index is 0.112. The van der Waals surface area contributed by atoms with Gasteiger partial charge in [-0.2, -0.15) is 0 Å². The van der Waals surface area contributed by atoms with Crippen molar-refractivity contribution in [2.75, 3.05) is 13.1 Å². The Hall–Kier alpha value is -2.47. The average molecular weight is 389 g/mol. The van der Waals surface area contributed by atoms with Crippen LogP contribution in [0.4, 0.5) is 13.6 Å². The molecule has 1 fully saturated rings. The van der Waals surface area contributed by atoms with Gasteiger partial charge in [-0.3, -0.25) is 0 Å². The summed E-state index contributed by atoms with van der Waals surface area (Å²) < 4.78 is 38.8. The number of hydrogen-bond acceptors (Lipinski definition) is 3. The highest BCUT2D eigenvalue weighted by Crippen LogP contribution is 2.28. The van der Waals surface area contributed by atoms with Crippen LogP contribution in [0.2, 0.25) is 0 Å². The average Bonchev–Trinajstić information content (AvgIpc) is 3.08. The third-order valence-electron chi connectivity index (χ3n) is 4.51. The van der Waals surface area contributed by atoms with Gasteiger partial charge in [-0.15, -0.1) is 0 Å². The molecule has 150 valence electrons. The first-order valence-corrected chi connectivity index (χ1v) is 9.36. The van der Waals surface area contributed by atoms with Crippen molar-refractivity contribution in [1.29, 1.82) is 0 Å². The molecule has 1 atom stereocenters. The second kappa shape index (κ2) is 8.27. The van der Waals surface area contributed by atoms with E-state index in [2.05, 4.69) is 0 Å². The minimum Gasteiger partial charge on any atom is -0.444 e. The van der Waals surface area contributed by atoms with Crippen LogP contribution in [0.1, 0.15) is 32.8 Å². The first kappa shape index (κ1) is 20.3. The fraction of sp³-hybridized carbons (Fsp3) is 0.409. The Morgan fingerprint density at radius 2 is 1.89 bits per heavy atom. The third kappa shape index (κ3) is 5.07. The van der Waals surface area contributed by atoms with Gasteiger partial charge in [-0.05, 0) is 50.5 Å². The van der Waals surface area contributed by atoms with Crippen LogP contribution in [0.3, 0.4) is 0 Å². The number of nitrogens with zero attached hydrogens (tertiary/aromatic N) is 1. The predicted molar refractivity (Wildman–Crippen MR) is 103 cm³/mol. The van der Waals surface area contributed by atoms with Crippen LogP contribution in [-0.4, -0.2) is 35.8 Å². The molecule has 0 saturated carbocycles. The molecular weight excluding hydrogens is 364 g/mol. The van der Waals surface area contributed by atoms with E-state index >= 15 is 0 Å². The molecule has 0 bridgehead atoms. The molecule has 1 unspecified atom stereocenters. The number of hydrogen-bond donors (Lipinski definition) is 0. The standard InChI is InChI=1S/C22H25F2NO3/c1-22(2,3)28-21(26)25-11-10-17(13-25)27-14-15-6-4-5-7-18(15)19-9-8-16(23)12-20(19)24/h4-9,12,17H,10-11,13-14H2,1-3H3. The summed E-state index contributed by atoms with van der Waals surface area (Å²) in [4.78, 5) is 13.8. The van der Waals surface area contributed by atoms with Crippen LogP contribution < -0.4 is 0 Å². The lowest BCUT2D eigenvalue weighted by atomic mass is 9.99. The number of carbonyl (C=O) groups excluding carboxylic acids is 1. The van der Waals surface area contributed by atoms with Crippen molar-refractivity contribution in [2.24, 2.45) is 0 Å². The van der Waals surface area contributed by atoms with Gasteiger partial charge in [0.25, 0.3) is 0 Å². The highest BCUT2D eigenvalue weighted by Gasteiger charge is 2.30. The second-order valence-electron chi connectivity index (χ2n) is 7.93. The molecule has 0 radical (unpaired) electrons. The van der Waals surface area contributed by atoms with E-state index in [0.717, 1.165) is 11.6 Å². The molecule has 28 heavy (non-hydrogen) atoms. The van der Waals surface area contributed by atoms with E-state index in [9.17, 15) is 13.6 Å². The fourth-order valence-corrected chi connectivity index (χ4v) is 3.18. The predicted octanol–water partition coefficient (Wildman–Crippen LogP) is 5.16. The molecule has 2 aromatic carbocycles. The summed E-state index contributed by atoms with van der Waals surface area (Å²) >= 11 is 0. The Bertz CT molecular complexity index is 848. The summed E-state index contributed by atoms with van der Waals surface area (Å²) in [6.45, 7) is 6.82. The zero-order valence-corrected chi connectivity index (χ0v) is 16.4. The third-order valence-corrected chi connectivity index (χ3v) is 4.51. The zero-order valence-electron chi connectivity index (χ0n) is 16.4. The van der Waals surface area contributed by atoms with E-state index in [1.807, 2.05) is 32.9 Å². The van der Waals surface area contributed by atoms with Gasteiger partial charge in [0, 0.05) is 18.2 Å². The van der Waals surface area contributed by atoms with Crippen LogP contribution in [-0.2, 0) is 16.1 Å². The first-order valence-electron chi connectivity index (χ1n) is 9.36. The van der Waals surface area contributed by atoms with Crippen molar-refractivity contribution in [3.8, 4) is 11.1 Å². The van der Waals surface area contributed by atoms with E-state index in [4.69, 9.17) is 9.47 Å². The molecule has 4 nitrogen and oxygen atoms in total. The molecule has 0 N–H and O–H groups in total. The van der Waals surface area contributed by atoms with Crippen LogP contribution in [0.5, 0.6) is 0 Å². The Morgan fingerprint density at radius 3 is 2.61 bits per heavy atom. The number of carbonyl (C=O) groups is 1. The lowest BCUT2D eigenvalue weighted by molar-refractivity contribution is 0.0185. The van der Waals surface area contributed by atoms with Gasteiger partial charge in [0.1, 0.15) is 17.2 Å². The molecule has 0 aliphatic carbocycles. The molecule has 1 aliphatic heterocycles. The Morgan fingerprint density at radius 1 is 1.14 bits per heavy atom. The molecule has 0 spiro atoms. The maximum absolute atomic E-state index is 14.2. The summed E-state index contributed by atoms with van der Waals surface area (Å²) in [5, 5.41) is 0. The van der Waals surface area contributed by atoms with Gasteiger partial charge < -0.3 is 14.4 Å². The fourth-order valence-electron chi connectivity index (χ4n) is 3.18. The molecule has 6 heteroatoms. The molecule has 3 rings (SSSR count). The maximum atomic E-state index is 14.2. The maximum Gasteiger partial charge on any atom is 0.410 e. The summed E-state index contributed by atoms with van der Waals surface area (Å²) in [7, 11) is 0. The smallest absolute Gasteiger partial charge is 0.410 e. The summed E-state index contributed by atoms with van der Waals surface area (Å²) in [5.41, 5.74) is 1.28. The van der Waals surface area contributed by atoms with Gasteiger partial charge in [0.15, 0.2) is 0 Å². The summed E-state index contributed by atoms with van der Waals surface area (Å²) in [6, 6.07) is 10.9. The number of ether oxygens (including phenoxy) is 2. The molecule has 0 aromatic heterocycles. The molecule has 1 heterocycles. The van der Waals surface area contributed by atoms with E-state index in [-0.39, 0.29) is 18.8 Å². The number of amides is 1. The van der Waals surface area contributed by atoms with Gasteiger partial charge in [0.2, 0.25) is 0 Å². The SMILES string of the molecule is CC(C)(C)OC(=O)N1CCC(OCc2ccccc2-c2ccc(F)cc2F)C1. The minimum atomic E-state index is -0.608. The monoisotopic (exact) mass is 389 g/mol. The quantitative estimate of drug-likeness (QED) is 0.725. The van der Waals surface area contributed by atoms with Gasteiger partial charge in [-0.25, -0.2) is 13.6 Å². The Balaban J connectivity index is 1.64. The van der Waals surface area contributed by atoms with Crippen molar-refractivity contribution >= 4 is 6.09 Å². The Labute approximate surface area is 164 Å².